The first kappa shape index (κ1) is 21.7. The molecule has 0 spiro atoms. The van der Waals surface area contributed by atoms with E-state index in [-0.39, 0.29) is 5.56 Å². The zero-order valence-electron chi connectivity index (χ0n) is 19.9. The van der Waals surface area contributed by atoms with Gasteiger partial charge in [-0.25, -0.2) is 9.20 Å². The van der Waals surface area contributed by atoms with Crippen molar-refractivity contribution >= 4 is 16.9 Å². The highest BCUT2D eigenvalue weighted by Gasteiger charge is 2.24. The third kappa shape index (κ3) is 3.23. The van der Waals surface area contributed by atoms with E-state index in [0.29, 0.717) is 35.9 Å². The monoisotopic (exact) mass is 458 g/mol. The highest BCUT2D eigenvalue weighted by Crippen LogP contribution is 2.27. The van der Waals surface area contributed by atoms with Crippen LogP contribution < -0.4 is 16.0 Å². The molecule has 5 rings (SSSR count). The standard InChI is InChI=1S/C25H26N6O3/c1-6-34-19-11-9-17(10-12-19)21-26-27-24-30(14-18-13-15(2)7-8-16(18)3)20-22(31(21)24)28(4)25(33)29(5)23(20)32/h7-13H,6,14H2,1-5H3. The molecular weight excluding hydrogens is 432 g/mol. The number of ether oxygens (including phenoxy) is 1. The van der Waals surface area contributed by atoms with Crippen LogP contribution >= 0.6 is 0 Å². The second kappa shape index (κ2) is 8.02. The third-order valence-electron chi connectivity index (χ3n) is 6.24. The van der Waals surface area contributed by atoms with Gasteiger partial charge in [0.1, 0.15) is 5.75 Å². The van der Waals surface area contributed by atoms with E-state index in [4.69, 9.17) is 4.74 Å². The Morgan fingerprint density at radius 1 is 0.941 bits per heavy atom. The summed E-state index contributed by atoms with van der Waals surface area (Å²) in [6.45, 7) is 7.01. The fourth-order valence-electron chi connectivity index (χ4n) is 4.40. The summed E-state index contributed by atoms with van der Waals surface area (Å²) in [4.78, 5) is 26.2. The van der Waals surface area contributed by atoms with Gasteiger partial charge in [0.25, 0.3) is 5.56 Å². The molecule has 0 radical (unpaired) electrons. The summed E-state index contributed by atoms with van der Waals surface area (Å²) in [5.74, 6) is 1.80. The molecule has 0 unspecified atom stereocenters. The van der Waals surface area contributed by atoms with Crippen LogP contribution in [0.4, 0.5) is 0 Å². The lowest BCUT2D eigenvalue weighted by Crippen LogP contribution is -2.37. The smallest absolute Gasteiger partial charge is 0.332 e. The quantitative estimate of drug-likeness (QED) is 0.404. The molecule has 9 heteroatoms. The normalized spacial score (nSPS) is 11.6. The van der Waals surface area contributed by atoms with Crippen molar-refractivity contribution in [1.29, 1.82) is 0 Å². The van der Waals surface area contributed by atoms with E-state index in [1.165, 1.54) is 11.6 Å². The minimum atomic E-state index is -0.408. The first-order valence-electron chi connectivity index (χ1n) is 11.1. The Labute approximate surface area is 195 Å². The molecule has 0 aliphatic heterocycles. The van der Waals surface area contributed by atoms with Gasteiger partial charge in [-0.1, -0.05) is 23.8 Å². The number of aromatic nitrogens is 6. The molecule has 0 aliphatic rings. The van der Waals surface area contributed by atoms with E-state index in [1.807, 2.05) is 49.6 Å². The second-order valence-corrected chi connectivity index (χ2v) is 8.51. The Bertz CT molecular complexity index is 1670. The van der Waals surface area contributed by atoms with Gasteiger partial charge in [0.15, 0.2) is 17.0 Å². The number of nitrogens with zero attached hydrogens (tertiary/aromatic N) is 6. The van der Waals surface area contributed by atoms with E-state index in [9.17, 15) is 9.59 Å². The third-order valence-corrected chi connectivity index (χ3v) is 6.24. The van der Waals surface area contributed by atoms with E-state index < -0.39 is 5.69 Å². The molecule has 0 N–H and O–H groups in total. The lowest BCUT2D eigenvalue weighted by Gasteiger charge is -2.10. The number of aryl methyl sites for hydroxylation is 3. The Morgan fingerprint density at radius 3 is 2.38 bits per heavy atom. The zero-order chi connectivity index (χ0) is 24.1. The summed E-state index contributed by atoms with van der Waals surface area (Å²) in [5, 5.41) is 8.91. The van der Waals surface area contributed by atoms with Gasteiger partial charge in [-0.2, -0.15) is 0 Å². The van der Waals surface area contributed by atoms with Gasteiger partial charge in [-0.05, 0) is 56.2 Å². The molecule has 5 aromatic rings. The lowest BCUT2D eigenvalue weighted by atomic mass is 10.1. The van der Waals surface area contributed by atoms with E-state index in [0.717, 1.165) is 32.6 Å². The minimum Gasteiger partial charge on any atom is -0.494 e. The molecule has 0 saturated carbocycles. The Balaban J connectivity index is 1.84. The molecule has 3 aromatic heterocycles. The number of hydrogen-bond acceptors (Lipinski definition) is 5. The summed E-state index contributed by atoms with van der Waals surface area (Å²) in [5.41, 5.74) is 4.20. The summed E-state index contributed by atoms with van der Waals surface area (Å²) in [6.07, 6.45) is 0. The van der Waals surface area contributed by atoms with Gasteiger partial charge in [-0.3, -0.25) is 18.5 Å². The topological polar surface area (TPSA) is 88.3 Å². The highest BCUT2D eigenvalue weighted by atomic mass is 16.5. The lowest BCUT2D eigenvalue weighted by molar-refractivity contribution is 0.340. The maximum Gasteiger partial charge on any atom is 0.332 e. The average Bonchev–Trinajstić information content (AvgIpc) is 3.38. The highest BCUT2D eigenvalue weighted by molar-refractivity contribution is 5.80. The summed E-state index contributed by atoms with van der Waals surface area (Å²) >= 11 is 0. The molecule has 0 amide bonds. The van der Waals surface area contributed by atoms with Crippen LogP contribution in [0.15, 0.2) is 52.1 Å². The van der Waals surface area contributed by atoms with Crippen molar-refractivity contribution in [2.45, 2.75) is 27.3 Å². The molecule has 0 bridgehead atoms. The van der Waals surface area contributed by atoms with Crippen LogP contribution in [0.2, 0.25) is 0 Å². The molecular formula is C25H26N6O3. The molecule has 0 saturated heterocycles. The molecule has 174 valence electrons. The zero-order valence-corrected chi connectivity index (χ0v) is 19.9. The minimum absolute atomic E-state index is 0.369. The van der Waals surface area contributed by atoms with Gasteiger partial charge in [0, 0.05) is 19.7 Å². The summed E-state index contributed by atoms with van der Waals surface area (Å²) in [6, 6.07) is 13.8. The van der Waals surface area contributed by atoms with Gasteiger partial charge < -0.3 is 4.74 Å². The van der Waals surface area contributed by atoms with Gasteiger partial charge >= 0.3 is 5.69 Å². The number of fused-ring (bicyclic) bond motifs is 3. The summed E-state index contributed by atoms with van der Waals surface area (Å²) < 4.78 is 11.8. The van der Waals surface area contributed by atoms with Crippen molar-refractivity contribution in [3.8, 4) is 17.1 Å². The van der Waals surface area contributed by atoms with E-state index in [1.54, 1.807) is 11.4 Å². The Kier molecular flexibility index (Phi) is 5.11. The molecule has 0 atom stereocenters. The van der Waals surface area contributed by atoms with Crippen LogP contribution in [0, 0.1) is 13.8 Å². The average molecular weight is 459 g/mol. The van der Waals surface area contributed by atoms with Crippen molar-refractivity contribution in [2.75, 3.05) is 6.61 Å². The van der Waals surface area contributed by atoms with Gasteiger partial charge in [0.2, 0.25) is 5.78 Å². The predicted molar refractivity (Wildman–Crippen MR) is 131 cm³/mol. The van der Waals surface area contributed by atoms with Crippen molar-refractivity contribution in [3.05, 3.63) is 80.0 Å². The fraction of sp³-hybridized carbons (Fsp3) is 0.280. The molecule has 0 aliphatic carbocycles. The second-order valence-electron chi connectivity index (χ2n) is 8.51. The van der Waals surface area contributed by atoms with Crippen LogP contribution in [0.1, 0.15) is 23.6 Å². The number of hydrogen-bond donors (Lipinski definition) is 0. The number of rotatable bonds is 5. The number of imidazole rings is 1. The van der Waals surface area contributed by atoms with Crippen molar-refractivity contribution in [2.24, 2.45) is 14.1 Å². The summed E-state index contributed by atoms with van der Waals surface area (Å²) in [7, 11) is 3.15. The fourth-order valence-corrected chi connectivity index (χ4v) is 4.40. The molecule has 9 nitrogen and oxygen atoms in total. The largest absolute Gasteiger partial charge is 0.494 e. The Morgan fingerprint density at radius 2 is 1.68 bits per heavy atom. The van der Waals surface area contributed by atoms with E-state index >= 15 is 0 Å². The molecule has 0 fully saturated rings. The SMILES string of the molecule is CCOc1ccc(-c2nnc3n(Cc4cc(C)ccc4C)c4c(=O)n(C)c(=O)n(C)c4n23)cc1. The molecule has 34 heavy (non-hydrogen) atoms. The maximum absolute atomic E-state index is 13.3. The van der Waals surface area contributed by atoms with E-state index in [2.05, 4.69) is 28.4 Å². The first-order chi connectivity index (χ1) is 16.3. The maximum atomic E-state index is 13.3. The van der Waals surface area contributed by atoms with Crippen molar-refractivity contribution in [1.82, 2.24) is 28.3 Å². The number of benzene rings is 2. The van der Waals surface area contributed by atoms with Crippen molar-refractivity contribution < 1.29 is 4.74 Å². The van der Waals surface area contributed by atoms with Gasteiger partial charge in [-0.15, -0.1) is 10.2 Å². The van der Waals surface area contributed by atoms with Crippen LogP contribution in [0.5, 0.6) is 5.75 Å². The molecule has 3 heterocycles. The Hall–Kier alpha value is -4.14. The molecule has 2 aromatic carbocycles. The van der Waals surface area contributed by atoms with Crippen LogP contribution in [-0.2, 0) is 20.6 Å². The van der Waals surface area contributed by atoms with Gasteiger partial charge in [0.05, 0.1) is 13.2 Å². The van der Waals surface area contributed by atoms with Crippen LogP contribution in [0.25, 0.3) is 28.3 Å². The van der Waals surface area contributed by atoms with Crippen LogP contribution in [0.3, 0.4) is 0 Å². The first-order valence-corrected chi connectivity index (χ1v) is 11.1. The van der Waals surface area contributed by atoms with Crippen molar-refractivity contribution in [3.63, 3.8) is 0 Å². The van der Waals surface area contributed by atoms with Crippen LogP contribution in [-0.4, -0.2) is 34.9 Å². The predicted octanol–water partition coefficient (Wildman–Crippen LogP) is 2.81.